The molecule has 0 aliphatic heterocycles. The average Bonchev–Trinajstić information content (AvgIpc) is 3.94. The third-order valence-electron chi connectivity index (χ3n) is 9.62. The lowest BCUT2D eigenvalue weighted by molar-refractivity contribution is 0.951. The number of hydrogen-bond acceptors (Lipinski definition) is 3. The molecule has 0 atom stereocenters. The van der Waals surface area contributed by atoms with Gasteiger partial charge in [0.15, 0.2) is 11.6 Å². The number of rotatable bonds is 6. The maximum atomic E-state index is 9.43. The number of benzene rings is 8. The van der Waals surface area contributed by atoms with Crippen molar-refractivity contribution in [1.29, 1.82) is 0 Å². The Morgan fingerprint density at radius 1 is 0.357 bits per heavy atom. The van der Waals surface area contributed by atoms with Crippen LogP contribution < -0.4 is 0 Å². The first-order valence-electron chi connectivity index (χ1n) is 26.0. The molecule has 0 radical (unpaired) electrons. The molecule has 3 aromatic heterocycles. The molecule has 262 valence electrons. The molecule has 11 rings (SSSR count). The summed E-state index contributed by atoms with van der Waals surface area (Å²) < 4.78 is 154. The Labute approximate surface area is 347 Å². The number of nitrogens with zero attached hydrogens (tertiary/aromatic N) is 5. The molecule has 0 spiro atoms. The van der Waals surface area contributed by atoms with E-state index in [0.29, 0.717) is 11.3 Å². The second-order valence-electron chi connectivity index (χ2n) is 12.8. The lowest BCUT2D eigenvalue weighted by atomic mass is 10.0. The smallest absolute Gasteiger partial charge is 0.238 e. The molecule has 56 heavy (non-hydrogen) atoms. The molecule has 0 bridgehead atoms. The zero-order chi connectivity index (χ0) is 51.8. The van der Waals surface area contributed by atoms with Gasteiger partial charge in [0.2, 0.25) is 5.95 Å². The molecule has 5 heteroatoms. The van der Waals surface area contributed by atoms with Gasteiger partial charge in [-0.15, -0.1) is 0 Å². The summed E-state index contributed by atoms with van der Waals surface area (Å²) in [6, 6.07) is 18.4. The molecular formula is C51H33N5. The molecule has 0 aliphatic carbocycles. The van der Waals surface area contributed by atoms with Crippen LogP contribution in [-0.2, 0) is 0 Å². The quantitative estimate of drug-likeness (QED) is 0.171. The lowest BCUT2D eigenvalue weighted by Gasteiger charge is -2.15. The van der Waals surface area contributed by atoms with E-state index < -0.39 is 131 Å². The highest BCUT2D eigenvalue weighted by Gasteiger charge is 2.21. The van der Waals surface area contributed by atoms with Crippen molar-refractivity contribution in [2.45, 2.75) is 0 Å². The maximum absolute atomic E-state index is 9.43. The van der Waals surface area contributed by atoms with Gasteiger partial charge in [0.1, 0.15) is 0 Å². The number of para-hydroxylation sites is 4. The molecule has 3 heterocycles. The highest BCUT2D eigenvalue weighted by atomic mass is 15.2. The van der Waals surface area contributed by atoms with Crippen LogP contribution in [0.5, 0.6) is 0 Å². The van der Waals surface area contributed by atoms with Gasteiger partial charge in [0, 0.05) is 32.7 Å². The van der Waals surface area contributed by atoms with Crippen LogP contribution in [0.3, 0.4) is 0 Å². The van der Waals surface area contributed by atoms with Crippen molar-refractivity contribution in [2.75, 3.05) is 0 Å². The van der Waals surface area contributed by atoms with Gasteiger partial charge in [-0.25, -0.2) is 4.98 Å². The molecular weight excluding hydrogens is 683 g/mol. The van der Waals surface area contributed by atoms with Crippen molar-refractivity contribution in [1.82, 2.24) is 24.1 Å². The number of hydrogen-bond donors (Lipinski definition) is 0. The van der Waals surface area contributed by atoms with Crippen molar-refractivity contribution >= 4 is 43.6 Å². The summed E-state index contributed by atoms with van der Waals surface area (Å²) in [6.07, 6.45) is 0. The van der Waals surface area contributed by atoms with Gasteiger partial charge in [0.25, 0.3) is 0 Å². The molecule has 5 nitrogen and oxygen atoms in total. The molecule has 11 aromatic rings. The first-order valence-corrected chi connectivity index (χ1v) is 17.5. The van der Waals surface area contributed by atoms with Gasteiger partial charge in [-0.3, -0.25) is 4.57 Å². The Morgan fingerprint density at radius 2 is 0.964 bits per heavy atom. The van der Waals surface area contributed by atoms with E-state index in [1.807, 2.05) is 83.4 Å². The first-order chi connectivity index (χ1) is 34.8. The van der Waals surface area contributed by atoms with Crippen LogP contribution in [0.15, 0.2) is 200 Å². The summed E-state index contributed by atoms with van der Waals surface area (Å²) in [6.45, 7) is 0. The summed E-state index contributed by atoms with van der Waals surface area (Å²) in [5, 5.41) is 1.26. The van der Waals surface area contributed by atoms with Crippen LogP contribution in [0.1, 0.15) is 23.3 Å². The maximum Gasteiger partial charge on any atom is 0.238 e. The van der Waals surface area contributed by atoms with E-state index in [9.17, 15) is 8.22 Å². The summed E-state index contributed by atoms with van der Waals surface area (Å²) in [5.74, 6) is -1.20. The van der Waals surface area contributed by atoms with Crippen LogP contribution >= 0.6 is 0 Å². The molecule has 0 amide bonds. The van der Waals surface area contributed by atoms with Gasteiger partial charge < -0.3 is 4.57 Å². The second-order valence-corrected chi connectivity index (χ2v) is 12.8. The third-order valence-corrected chi connectivity index (χ3v) is 9.62. The van der Waals surface area contributed by atoms with Gasteiger partial charge in [-0.2, -0.15) is 9.97 Å². The first kappa shape index (κ1) is 19.1. The lowest BCUT2D eigenvalue weighted by Crippen LogP contribution is -2.07. The standard InChI is InChI=1S/C51H33N5/c1-3-15-34(16-4-1)36-27-29-37(30-28-36)49-52-50(54-51(53-49)56-45-24-12-8-19-39(45)40-20-9-13-25-46(40)56)43-22-10-14-26-47(43)55-44-23-11-7-21-41(44)42-32-31-38(33-48(42)55)35-17-5-2-6-18-35/h1-33H/i1D,3D,4D,8D,9D,12D,13D,15D,16D,19D,20D,24D,25D,27D,28D,29D,30D. The van der Waals surface area contributed by atoms with E-state index in [0.717, 1.165) is 37.5 Å². The summed E-state index contributed by atoms with van der Waals surface area (Å²) in [4.78, 5) is 14.5. The highest BCUT2D eigenvalue weighted by molar-refractivity contribution is 6.11. The van der Waals surface area contributed by atoms with Crippen molar-refractivity contribution in [2.24, 2.45) is 0 Å². The van der Waals surface area contributed by atoms with Crippen molar-refractivity contribution in [3.8, 4) is 56.7 Å². The summed E-state index contributed by atoms with van der Waals surface area (Å²) >= 11 is 0. The summed E-state index contributed by atoms with van der Waals surface area (Å²) in [7, 11) is 0. The topological polar surface area (TPSA) is 48.5 Å². The SMILES string of the molecule is [2H]c1c([2H])c([2H])c(-c2c([2H])c([2H])c(-c3nc(-c4ccccc4-n4c5ccccc5c5ccc(-c6ccccc6)cc54)nc(-n4c5c([2H])c([2H])c([2H])c([2H])c5c5c([2H])c([2H])c([2H])c([2H])c54)n3)c([2H])c2[2H])c([2H])c1[2H]. The predicted octanol–water partition coefficient (Wildman–Crippen LogP) is 12.7. The average molecular weight is 733 g/mol. The molecule has 0 saturated carbocycles. The summed E-state index contributed by atoms with van der Waals surface area (Å²) in [5.41, 5.74) is 1.86. The predicted molar refractivity (Wildman–Crippen MR) is 230 cm³/mol. The Bertz CT molecular complexity index is 4110. The minimum atomic E-state index is -0.807. The van der Waals surface area contributed by atoms with E-state index in [2.05, 4.69) is 0 Å². The number of aromatic nitrogens is 5. The fraction of sp³-hybridized carbons (Fsp3) is 0. The van der Waals surface area contributed by atoms with Crippen molar-refractivity contribution < 1.29 is 23.3 Å². The van der Waals surface area contributed by atoms with Crippen LogP contribution in [0.25, 0.3) is 100 Å². The fourth-order valence-electron chi connectivity index (χ4n) is 7.14. The minimum Gasteiger partial charge on any atom is -0.308 e. The van der Waals surface area contributed by atoms with E-state index in [1.54, 1.807) is 18.2 Å². The second kappa shape index (κ2) is 13.0. The van der Waals surface area contributed by atoms with E-state index in [1.165, 1.54) is 0 Å². The van der Waals surface area contributed by atoms with E-state index in [-0.39, 0.29) is 27.6 Å². The minimum absolute atomic E-state index is 0.177. The molecule has 0 aliphatic rings. The normalized spacial score (nSPS) is 15.8. The zero-order valence-corrected chi connectivity index (χ0v) is 29.0. The molecule has 0 unspecified atom stereocenters. The molecule has 0 N–H and O–H groups in total. The van der Waals surface area contributed by atoms with Crippen LogP contribution in [0, 0.1) is 0 Å². The largest absolute Gasteiger partial charge is 0.308 e. The zero-order valence-electron chi connectivity index (χ0n) is 46.0. The fourth-order valence-corrected chi connectivity index (χ4v) is 7.14. The van der Waals surface area contributed by atoms with Gasteiger partial charge >= 0.3 is 0 Å². The van der Waals surface area contributed by atoms with Crippen LogP contribution in [-0.4, -0.2) is 24.1 Å². The highest BCUT2D eigenvalue weighted by Crippen LogP contribution is 2.38. The molecule has 8 aromatic carbocycles. The molecule has 0 saturated heterocycles. The van der Waals surface area contributed by atoms with E-state index >= 15 is 0 Å². The van der Waals surface area contributed by atoms with Crippen molar-refractivity contribution in [3.05, 3.63) is 200 Å². The third kappa shape index (κ3) is 5.21. The van der Waals surface area contributed by atoms with Crippen LogP contribution in [0.4, 0.5) is 0 Å². The monoisotopic (exact) mass is 732 g/mol. The Hall–Kier alpha value is -7.63. The molecule has 0 fully saturated rings. The Balaban J connectivity index is 1.28. The Kier molecular flexibility index (Phi) is 4.45. The Morgan fingerprint density at radius 3 is 1.75 bits per heavy atom. The van der Waals surface area contributed by atoms with E-state index in [4.69, 9.17) is 30.0 Å². The van der Waals surface area contributed by atoms with Gasteiger partial charge in [0.05, 0.1) is 51.1 Å². The van der Waals surface area contributed by atoms with Gasteiger partial charge in [-0.1, -0.05) is 163 Å². The number of fused-ring (bicyclic) bond motifs is 6. The van der Waals surface area contributed by atoms with Gasteiger partial charge in [-0.05, 0) is 58.6 Å². The van der Waals surface area contributed by atoms with Crippen LogP contribution in [0.2, 0.25) is 0 Å². The van der Waals surface area contributed by atoms with Crippen molar-refractivity contribution in [3.63, 3.8) is 0 Å².